The highest BCUT2D eigenvalue weighted by Crippen LogP contribution is 2.49. The summed E-state index contributed by atoms with van der Waals surface area (Å²) in [6.45, 7) is 14.4. The molecule has 0 saturated heterocycles. The van der Waals surface area contributed by atoms with Gasteiger partial charge in [0.2, 0.25) is 0 Å². The minimum absolute atomic E-state index is 0.635. The van der Waals surface area contributed by atoms with Gasteiger partial charge < -0.3 is 9.80 Å². The van der Waals surface area contributed by atoms with E-state index in [1.165, 1.54) is 31.9 Å². The van der Waals surface area contributed by atoms with E-state index < -0.39 is 16.1 Å². The molecule has 0 amide bonds. The summed E-state index contributed by atoms with van der Waals surface area (Å²) in [5.74, 6) is 0. The monoisotopic (exact) mass is 1030 g/mol. The molecule has 0 atom stereocenters. The Hall–Kier alpha value is -9.31. The molecule has 0 saturated carbocycles. The zero-order valence-electron chi connectivity index (χ0n) is 44.9. The van der Waals surface area contributed by atoms with E-state index in [1.807, 2.05) is 24.3 Å². The number of hydrogen-bond acceptors (Lipinski definition) is 4. The summed E-state index contributed by atoms with van der Waals surface area (Å²) in [6, 6.07) is 92.6. The summed E-state index contributed by atoms with van der Waals surface area (Å²) in [6.07, 6.45) is 0. The fourth-order valence-electron chi connectivity index (χ4n) is 11.1. The lowest BCUT2D eigenvalue weighted by atomic mass is 9.91. The van der Waals surface area contributed by atoms with Gasteiger partial charge in [0, 0.05) is 33.5 Å². The lowest BCUT2D eigenvalue weighted by Crippen LogP contribution is -2.37. The van der Waals surface area contributed by atoms with E-state index in [4.69, 9.17) is 0 Å². The van der Waals surface area contributed by atoms with Gasteiger partial charge in [0.05, 0.1) is 50.8 Å². The first-order valence-corrected chi connectivity index (χ1v) is 33.8. The molecule has 78 heavy (non-hydrogen) atoms. The first-order valence-electron chi connectivity index (χ1n) is 26.8. The number of nitrogens with zero attached hydrogens (tertiary/aromatic N) is 4. The van der Waals surface area contributed by atoms with Crippen LogP contribution in [0.5, 0.6) is 0 Å². The normalized spacial score (nSPS) is 11.7. The number of nitriles is 2. The van der Waals surface area contributed by atoms with Crippen LogP contribution in [0.1, 0.15) is 11.1 Å². The third kappa shape index (κ3) is 9.43. The minimum Gasteiger partial charge on any atom is -0.310 e. The molecule has 12 aromatic carbocycles. The molecule has 0 aliphatic heterocycles. The van der Waals surface area contributed by atoms with Crippen molar-refractivity contribution in [2.45, 2.75) is 39.3 Å². The third-order valence-corrected chi connectivity index (χ3v) is 19.5. The third-order valence-electron chi connectivity index (χ3n) is 15.3. The molecule has 0 aliphatic rings. The van der Waals surface area contributed by atoms with E-state index in [1.54, 1.807) is 0 Å². The number of anilines is 6. The highest BCUT2D eigenvalue weighted by atomic mass is 28.3. The van der Waals surface area contributed by atoms with Crippen molar-refractivity contribution in [3.05, 3.63) is 254 Å². The predicted octanol–water partition coefficient (Wildman–Crippen LogP) is 19.0. The number of benzene rings is 12. The Bertz CT molecular complexity index is 3980. The summed E-state index contributed by atoms with van der Waals surface area (Å²) in [7, 11) is -3.25. The Balaban J connectivity index is 1.11. The first-order chi connectivity index (χ1) is 37.8. The van der Waals surface area contributed by atoms with Gasteiger partial charge in [0.1, 0.15) is 0 Å². The van der Waals surface area contributed by atoms with Crippen LogP contribution in [0.3, 0.4) is 0 Å². The Kier molecular flexibility index (Phi) is 12.7. The quantitative estimate of drug-likeness (QED) is 0.0904. The molecule has 0 aliphatic carbocycles. The highest BCUT2D eigenvalue weighted by Gasteiger charge is 2.25. The van der Waals surface area contributed by atoms with Gasteiger partial charge in [-0.05, 0) is 163 Å². The van der Waals surface area contributed by atoms with Crippen LogP contribution < -0.4 is 20.2 Å². The van der Waals surface area contributed by atoms with Gasteiger partial charge in [-0.3, -0.25) is 0 Å². The molecule has 6 heteroatoms. The van der Waals surface area contributed by atoms with E-state index in [-0.39, 0.29) is 0 Å². The van der Waals surface area contributed by atoms with Crippen LogP contribution in [0, 0.1) is 22.7 Å². The molecule has 0 unspecified atom stereocenters. The molecule has 0 bridgehead atoms. The molecule has 0 fully saturated rings. The van der Waals surface area contributed by atoms with Crippen LogP contribution in [-0.4, -0.2) is 16.1 Å². The molecule has 4 nitrogen and oxygen atoms in total. The maximum absolute atomic E-state index is 9.75. The Labute approximate surface area is 460 Å². The van der Waals surface area contributed by atoms with E-state index in [0.29, 0.717) is 11.1 Å². The van der Waals surface area contributed by atoms with Crippen LogP contribution in [0.4, 0.5) is 34.1 Å². The van der Waals surface area contributed by atoms with Crippen LogP contribution in [-0.2, 0) is 0 Å². The average Bonchev–Trinajstić information content (AvgIpc) is 3.65. The van der Waals surface area contributed by atoms with E-state index in [9.17, 15) is 10.5 Å². The standard InChI is InChI=1S/C72H58N4Si2/c1-77(2,3)65-33-29-61(30-34-65)75(63-43-57(51-13-9-7-10-14-51)41-59(45-63)53-21-17-49(47-73)18-22-53)69-39-27-55-26-38-68-70(40-28-56-25-37-67(69)71(55)72(56)68)76(62-31-35-66(36-32-62)78(4,5)6)64-44-58(52-15-11-8-12-16-52)42-60(46-64)54-23-19-50(48-74)20-24-54/h7-46H,1-6H3. The lowest BCUT2D eigenvalue weighted by molar-refractivity contribution is 1.30. The molecule has 0 radical (unpaired) electrons. The Morgan fingerprint density at radius 2 is 0.615 bits per heavy atom. The Morgan fingerprint density at radius 1 is 0.295 bits per heavy atom. The van der Waals surface area contributed by atoms with Crippen molar-refractivity contribution in [3.63, 3.8) is 0 Å². The van der Waals surface area contributed by atoms with Crippen molar-refractivity contribution in [1.82, 2.24) is 0 Å². The maximum Gasteiger partial charge on any atom is 0.0991 e. The molecule has 0 spiro atoms. The van der Waals surface area contributed by atoms with Crippen LogP contribution in [0.2, 0.25) is 39.3 Å². The number of rotatable bonds is 12. The summed E-state index contributed by atoms with van der Waals surface area (Å²) >= 11 is 0. The summed E-state index contributed by atoms with van der Waals surface area (Å²) in [4.78, 5) is 4.90. The molecule has 0 N–H and O–H groups in total. The van der Waals surface area contributed by atoms with Crippen molar-refractivity contribution in [3.8, 4) is 56.6 Å². The molecule has 12 rings (SSSR count). The van der Waals surface area contributed by atoms with Gasteiger partial charge >= 0.3 is 0 Å². The summed E-state index contributed by atoms with van der Waals surface area (Å²) in [5.41, 5.74) is 16.4. The van der Waals surface area contributed by atoms with Crippen molar-refractivity contribution in [2.24, 2.45) is 0 Å². The predicted molar refractivity (Wildman–Crippen MR) is 337 cm³/mol. The average molecular weight is 1040 g/mol. The van der Waals surface area contributed by atoms with Crippen molar-refractivity contribution < 1.29 is 0 Å². The minimum atomic E-state index is -1.63. The second-order valence-electron chi connectivity index (χ2n) is 22.5. The summed E-state index contributed by atoms with van der Waals surface area (Å²) < 4.78 is 0. The van der Waals surface area contributed by atoms with Crippen LogP contribution >= 0.6 is 0 Å². The zero-order chi connectivity index (χ0) is 53.7. The van der Waals surface area contributed by atoms with Gasteiger partial charge in [0.25, 0.3) is 0 Å². The van der Waals surface area contributed by atoms with Gasteiger partial charge in [-0.25, -0.2) is 0 Å². The van der Waals surface area contributed by atoms with E-state index in [0.717, 1.165) is 89.4 Å². The van der Waals surface area contributed by atoms with E-state index >= 15 is 0 Å². The second kappa shape index (κ2) is 20.0. The first kappa shape index (κ1) is 49.6. The van der Waals surface area contributed by atoms with Crippen LogP contribution in [0.15, 0.2) is 243 Å². The largest absolute Gasteiger partial charge is 0.310 e. The molecule has 0 heterocycles. The topological polar surface area (TPSA) is 54.1 Å². The zero-order valence-corrected chi connectivity index (χ0v) is 46.9. The van der Waals surface area contributed by atoms with Crippen molar-refractivity contribution in [1.29, 1.82) is 10.5 Å². The molecular weight excluding hydrogens is 977 g/mol. The second-order valence-corrected chi connectivity index (χ2v) is 32.7. The van der Waals surface area contributed by atoms with E-state index in [2.05, 4.69) is 280 Å². The SMILES string of the molecule is C[Si](C)(C)c1ccc(N(c2cc(-c3ccccc3)cc(-c3ccc(C#N)cc3)c2)c2ccc3ccc4c(N(c5ccc([Si](C)(C)C)cc5)c5cc(-c6ccccc6)cc(-c6ccc(C#N)cc6)c5)ccc5ccc2c3c54)cc1. The number of hydrogen-bond donors (Lipinski definition) is 0. The molecule has 0 aromatic heterocycles. The lowest BCUT2D eigenvalue weighted by Gasteiger charge is -2.31. The molecule has 374 valence electrons. The smallest absolute Gasteiger partial charge is 0.0991 e. The molecule has 12 aromatic rings. The fraction of sp³-hybridized carbons (Fsp3) is 0.0833. The van der Waals surface area contributed by atoms with Crippen molar-refractivity contribution >= 4 is 93.0 Å². The summed E-state index contributed by atoms with van der Waals surface area (Å²) in [5, 5.41) is 29.4. The van der Waals surface area contributed by atoms with Gasteiger partial charge in [-0.15, -0.1) is 0 Å². The van der Waals surface area contributed by atoms with Crippen LogP contribution in [0.25, 0.3) is 76.8 Å². The highest BCUT2D eigenvalue weighted by molar-refractivity contribution is 6.89. The maximum atomic E-state index is 9.75. The fourth-order valence-corrected chi connectivity index (χ4v) is 13.5. The molecular formula is C72H58N4Si2. The van der Waals surface area contributed by atoms with Gasteiger partial charge in [-0.2, -0.15) is 10.5 Å². The Morgan fingerprint density at radius 3 is 0.936 bits per heavy atom. The van der Waals surface area contributed by atoms with Crippen molar-refractivity contribution in [2.75, 3.05) is 9.80 Å². The van der Waals surface area contributed by atoms with Gasteiger partial charge in [0.15, 0.2) is 0 Å². The van der Waals surface area contributed by atoms with Gasteiger partial charge in [-0.1, -0.05) is 195 Å².